The molecule has 3 heteroatoms. The Hall–Kier alpha value is -0.380. The molecule has 2 atom stereocenters. The topological polar surface area (TPSA) is 38.0 Å². The molecule has 1 fully saturated rings. The average Bonchev–Trinajstić information content (AvgIpc) is 2.97. The van der Waals surface area contributed by atoms with Gasteiger partial charge in [-0.25, -0.2) is 0 Å². The molecule has 2 nitrogen and oxygen atoms in total. The van der Waals surface area contributed by atoms with Crippen molar-refractivity contribution in [1.29, 1.82) is 0 Å². The minimum atomic E-state index is 0.653. The summed E-state index contributed by atoms with van der Waals surface area (Å²) < 4.78 is 0. The first kappa shape index (κ1) is 12.6. The van der Waals surface area contributed by atoms with Crippen LogP contribution in [-0.4, -0.2) is 12.6 Å². The van der Waals surface area contributed by atoms with Crippen LogP contribution in [0.25, 0.3) is 0 Å². The molecule has 2 aliphatic carbocycles. The molecule has 0 bridgehead atoms. The summed E-state index contributed by atoms with van der Waals surface area (Å²) in [6.07, 6.45) is 9.35. The van der Waals surface area contributed by atoms with Gasteiger partial charge in [0.2, 0.25) is 0 Å². The van der Waals surface area contributed by atoms with Gasteiger partial charge in [-0.3, -0.25) is 0 Å². The van der Waals surface area contributed by atoms with Crippen LogP contribution < -0.4 is 11.1 Å². The van der Waals surface area contributed by atoms with Crippen LogP contribution in [-0.2, 0) is 19.4 Å². The fourth-order valence-corrected chi connectivity index (χ4v) is 4.68. The van der Waals surface area contributed by atoms with Crippen molar-refractivity contribution < 1.29 is 0 Å². The molecule has 1 aromatic heterocycles. The SMILES string of the molecule is NCC1CCCCC1NCc1cc2c(s1)CCC2. The number of hydrogen-bond acceptors (Lipinski definition) is 3. The van der Waals surface area contributed by atoms with Crippen LogP contribution >= 0.6 is 11.3 Å². The van der Waals surface area contributed by atoms with Gasteiger partial charge in [-0.15, -0.1) is 11.3 Å². The summed E-state index contributed by atoms with van der Waals surface area (Å²) in [7, 11) is 0. The third-order valence-corrected chi connectivity index (χ3v) is 5.79. The summed E-state index contributed by atoms with van der Waals surface area (Å²) in [5.74, 6) is 0.700. The predicted octanol–water partition coefficient (Wildman–Crippen LogP) is 2.84. The molecule has 0 saturated heterocycles. The Morgan fingerprint density at radius 2 is 2.11 bits per heavy atom. The second kappa shape index (κ2) is 5.72. The number of thiophene rings is 1. The molecule has 1 saturated carbocycles. The van der Waals surface area contributed by atoms with E-state index in [1.807, 2.05) is 11.3 Å². The molecule has 2 unspecified atom stereocenters. The standard InChI is InChI=1S/C15H24N2S/c16-9-12-4-1-2-6-14(12)17-10-13-8-11-5-3-7-15(11)18-13/h8,12,14,17H,1-7,9-10,16H2. The first-order valence-corrected chi connectivity index (χ1v) is 8.22. The summed E-state index contributed by atoms with van der Waals surface area (Å²) in [6.45, 7) is 1.90. The van der Waals surface area contributed by atoms with E-state index in [0.29, 0.717) is 12.0 Å². The van der Waals surface area contributed by atoms with Crippen LogP contribution in [0.1, 0.15) is 47.4 Å². The fraction of sp³-hybridized carbons (Fsp3) is 0.733. The molecule has 1 aromatic rings. The first-order valence-electron chi connectivity index (χ1n) is 7.40. The number of hydrogen-bond donors (Lipinski definition) is 2. The van der Waals surface area contributed by atoms with Crippen molar-refractivity contribution in [2.24, 2.45) is 11.7 Å². The van der Waals surface area contributed by atoms with Crippen molar-refractivity contribution in [1.82, 2.24) is 5.32 Å². The van der Waals surface area contributed by atoms with E-state index >= 15 is 0 Å². The maximum Gasteiger partial charge on any atom is 0.0302 e. The Labute approximate surface area is 114 Å². The van der Waals surface area contributed by atoms with Gasteiger partial charge in [0.05, 0.1) is 0 Å². The third-order valence-electron chi connectivity index (χ3n) is 4.55. The van der Waals surface area contributed by atoms with Crippen LogP contribution in [0.2, 0.25) is 0 Å². The van der Waals surface area contributed by atoms with E-state index in [2.05, 4.69) is 11.4 Å². The van der Waals surface area contributed by atoms with Crippen molar-refractivity contribution >= 4 is 11.3 Å². The number of fused-ring (bicyclic) bond motifs is 1. The zero-order chi connectivity index (χ0) is 12.4. The highest BCUT2D eigenvalue weighted by atomic mass is 32.1. The minimum absolute atomic E-state index is 0.653. The molecular weight excluding hydrogens is 240 g/mol. The number of nitrogens with one attached hydrogen (secondary N) is 1. The molecule has 1 heterocycles. The van der Waals surface area contributed by atoms with Crippen LogP contribution in [0, 0.1) is 5.92 Å². The Balaban J connectivity index is 1.56. The summed E-state index contributed by atoms with van der Waals surface area (Å²) >= 11 is 2.03. The maximum absolute atomic E-state index is 5.88. The second-order valence-corrected chi connectivity index (χ2v) is 7.00. The summed E-state index contributed by atoms with van der Waals surface area (Å²) in [6, 6.07) is 3.08. The predicted molar refractivity (Wildman–Crippen MR) is 78.0 cm³/mol. The fourth-order valence-electron chi connectivity index (χ4n) is 3.47. The van der Waals surface area contributed by atoms with E-state index in [4.69, 9.17) is 5.73 Å². The van der Waals surface area contributed by atoms with E-state index in [9.17, 15) is 0 Å². The summed E-state index contributed by atoms with van der Waals surface area (Å²) in [5.41, 5.74) is 7.51. The van der Waals surface area contributed by atoms with E-state index < -0.39 is 0 Å². The normalized spacial score (nSPS) is 27.4. The molecule has 0 amide bonds. The largest absolute Gasteiger partial charge is 0.330 e. The molecule has 3 N–H and O–H groups in total. The minimum Gasteiger partial charge on any atom is -0.330 e. The van der Waals surface area contributed by atoms with Crippen LogP contribution in [0.4, 0.5) is 0 Å². The van der Waals surface area contributed by atoms with Gasteiger partial charge in [0.15, 0.2) is 0 Å². The summed E-state index contributed by atoms with van der Waals surface area (Å²) in [4.78, 5) is 3.17. The van der Waals surface area contributed by atoms with Crippen LogP contribution in [0.3, 0.4) is 0 Å². The zero-order valence-corrected chi connectivity index (χ0v) is 11.9. The molecule has 0 radical (unpaired) electrons. The van der Waals surface area contributed by atoms with Crippen molar-refractivity contribution in [3.05, 3.63) is 21.4 Å². The van der Waals surface area contributed by atoms with Crippen molar-refractivity contribution in [2.75, 3.05) is 6.54 Å². The molecule has 0 spiro atoms. The summed E-state index contributed by atoms with van der Waals surface area (Å²) in [5, 5.41) is 3.76. The molecule has 0 aliphatic heterocycles. The lowest BCUT2D eigenvalue weighted by molar-refractivity contribution is 0.267. The van der Waals surface area contributed by atoms with Gasteiger partial charge >= 0.3 is 0 Å². The maximum atomic E-state index is 5.88. The van der Waals surface area contributed by atoms with Crippen LogP contribution in [0.5, 0.6) is 0 Å². The van der Waals surface area contributed by atoms with Gasteiger partial charge in [-0.1, -0.05) is 12.8 Å². The number of aryl methyl sites for hydroxylation is 2. The second-order valence-electron chi connectivity index (χ2n) is 5.78. The lowest BCUT2D eigenvalue weighted by Gasteiger charge is -2.31. The van der Waals surface area contributed by atoms with E-state index in [0.717, 1.165) is 13.1 Å². The monoisotopic (exact) mass is 264 g/mol. The Morgan fingerprint density at radius 3 is 2.94 bits per heavy atom. The molecule has 100 valence electrons. The van der Waals surface area contributed by atoms with E-state index in [1.54, 1.807) is 10.4 Å². The molecule has 0 aromatic carbocycles. The van der Waals surface area contributed by atoms with E-state index in [1.165, 1.54) is 49.8 Å². The number of nitrogens with two attached hydrogens (primary N) is 1. The Bertz CT molecular complexity index is 378. The highest BCUT2D eigenvalue weighted by Crippen LogP contribution is 2.31. The molecule has 2 aliphatic rings. The third kappa shape index (κ3) is 2.63. The Kier molecular flexibility index (Phi) is 4.02. The molecule has 3 rings (SSSR count). The van der Waals surface area contributed by atoms with Gasteiger partial charge < -0.3 is 11.1 Å². The zero-order valence-electron chi connectivity index (χ0n) is 11.1. The molecule has 18 heavy (non-hydrogen) atoms. The van der Waals surface area contributed by atoms with Crippen molar-refractivity contribution in [2.45, 2.75) is 57.5 Å². The van der Waals surface area contributed by atoms with Gasteiger partial charge in [-0.2, -0.15) is 0 Å². The van der Waals surface area contributed by atoms with Gasteiger partial charge in [0, 0.05) is 22.3 Å². The van der Waals surface area contributed by atoms with Crippen molar-refractivity contribution in [3.8, 4) is 0 Å². The number of rotatable bonds is 4. The first-order chi connectivity index (χ1) is 8.86. The highest BCUT2D eigenvalue weighted by molar-refractivity contribution is 7.12. The van der Waals surface area contributed by atoms with Gasteiger partial charge in [0.25, 0.3) is 0 Å². The van der Waals surface area contributed by atoms with E-state index in [-0.39, 0.29) is 0 Å². The van der Waals surface area contributed by atoms with Gasteiger partial charge in [0.1, 0.15) is 0 Å². The highest BCUT2D eigenvalue weighted by Gasteiger charge is 2.23. The lowest BCUT2D eigenvalue weighted by atomic mass is 9.84. The average molecular weight is 264 g/mol. The quantitative estimate of drug-likeness (QED) is 0.877. The van der Waals surface area contributed by atoms with Crippen LogP contribution in [0.15, 0.2) is 6.07 Å². The lowest BCUT2D eigenvalue weighted by Crippen LogP contribution is -2.41. The van der Waals surface area contributed by atoms with Crippen molar-refractivity contribution in [3.63, 3.8) is 0 Å². The van der Waals surface area contributed by atoms with Gasteiger partial charge in [-0.05, 0) is 56.2 Å². The molecular formula is C15H24N2S. The Morgan fingerprint density at radius 1 is 1.22 bits per heavy atom. The smallest absolute Gasteiger partial charge is 0.0302 e.